The smallest absolute Gasteiger partial charge is 0.271 e. The van der Waals surface area contributed by atoms with Gasteiger partial charge < -0.3 is 5.32 Å². The number of hydrogen-bond donors (Lipinski definition) is 1. The standard InChI is InChI=1S/C18H21N5O2/c24-17-8-7-15(12-1-2-12)22-23(17)14-5-3-13(4-6-14)21-18(25)16-11-19-9-10-20-16/h7-14H,1-6H2,(H,21,25). The molecule has 4 rings (SSSR count). The first-order chi connectivity index (χ1) is 12.2. The number of nitrogens with one attached hydrogen (secondary N) is 1. The van der Waals surface area contributed by atoms with E-state index in [0.717, 1.165) is 31.4 Å². The molecule has 0 saturated heterocycles. The minimum absolute atomic E-state index is 0.0311. The zero-order valence-corrected chi connectivity index (χ0v) is 14.0. The number of carbonyl (C=O) groups is 1. The minimum atomic E-state index is -0.192. The van der Waals surface area contributed by atoms with Crippen LogP contribution in [0.1, 0.15) is 66.7 Å². The van der Waals surface area contributed by atoms with E-state index in [4.69, 9.17) is 0 Å². The molecule has 0 unspecified atom stereocenters. The SMILES string of the molecule is O=C(NC1CCC(n2nc(C3CC3)ccc2=O)CC1)c1cnccn1. The van der Waals surface area contributed by atoms with Crippen LogP contribution in [0.15, 0.2) is 35.5 Å². The lowest BCUT2D eigenvalue weighted by molar-refractivity contribution is 0.0915. The molecule has 2 aliphatic carbocycles. The van der Waals surface area contributed by atoms with Crippen molar-refractivity contribution in [2.75, 3.05) is 0 Å². The third-order valence-corrected chi connectivity index (χ3v) is 5.01. The zero-order chi connectivity index (χ0) is 17.2. The molecule has 7 nitrogen and oxygen atoms in total. The molecule has 0 aromatic carbocycles. The zero-order valence-electron chi connectivity index (χ0n) is 14.0. The number of rotatable bonds is 4. The van der Waals surface area contributed by atoms with Gasteiger partial charge >= 0.3 is 0 Å². The van der Waals surface area contributed by atoms with E-state index in [-0.39, 0.29) is 23.6 Å². The summed E-state index contributed by atoms with van der Waals surface area (Å²) in [6, 6.07) is 3.73. The highest BCUT2D eigenvalue weighted by Crippen LogP contribution is 2.38. The van der Waals surface area contributed by atoms with Gasteiger partial charge in [0.25, 0.3) is 11.5 Å². The molecule has 2 saturated carbocycles. The van der Waals surface area contributed by atoms with Crippen molar-refractivity contribution in [3.05, 3.63) is 52.5 Å². The molecule has 0 atom stereocenters. The fraction of sp³-hybridized carbons (Fsp3) is 0.500. The van der Waals surface area contributed by atoms with Gasteiger partial charge in [-0.05, 0) is 44.6 Å². The summed E-state index contributed by atoms with van der Waals surface area (Å²) >= 11 is 0. The first-order valence-corrected chi connectivity index (χ1v) is 8.87. The first-order valence-electron chi connectivity index (χ1n) is 8.87. The highest BCUT2D eigenvalue weighted by atomic mass is 16.2. The van der Waals surface area contributed by atoms with Crippen molar-refractivity contribution in [3.8, 4) is 0 Å². The molecule has 0 bridgehead atoms. The Hall–Kier alpha value is -2.57. The quantitative estimate of drug-likeness (QED) is 0.918. The summed E-state index contributed by atoms with van der Waals surface area (Å²) in [6.07, 6.45) is 10.2. The monoisotopic (exact) mass is 339 g/mol. The lowest BCUT2D eigenvalue weighted by Crippen LogP contribution is -2.40. The maximum Gasteiger partial charge on any atom is 0.271 e. The summed E-state index contributed by atoms with van der Waals surface area (Å²) < 4.78 is 1.66. The normalized spacial score (nSPS) is 23.2. The third-order valence-electron chi connectivity index (χ3n) is 5.01. The summed E-state index contributed by atoms with van der Waals surface area (Å²) in [5.74, 6) is 0.344. The Kier molecular flexibility index (Phi) is 4.29. The average Bonchev–Trinajstić information content (AvgIpc) is 3.49. The van der Waals surface area contributed by atoms with Gasteiger partial charge in [-0.2, -0.15) is 5.10 Å². The summed E-state index contributed by atoms with van der Waals surface area (Å²) in [6.45, 7) is 0. The number of nitrogens with zero attached hydrogens (tertiary/aromatic N) is 4. The molecule has 2 aromatic heterocycles. The Morgan fingerprint density at radius 1 is 1.08 bits per heavy atom. The van der Waals surface area contributed by atoms with Crippen molar-refractivity contribution >= 4 is 5.91 Å². The molecule has 1 N–H and O–H groups in total. The summed E-state index contributed by atoms with van der Waals surface area (Å²) in [4.78, 5) is 32.3. The maximum atomic E-state index is 12.2. The Labute approximate surface area is 145 Å². The molecule has 7 heteroatoms. The number of hydrogen-bond acceptors (Lipinski definition) is 5. The van der Waals surface area contributed by atoms with Gasteiger partial charge in [0.05, 0.1) is 17.9 Å². The van der Waals surface area contributed by atoms with Crippen LogP contribution in [0.5, 0.6) is 0 Å². The van der Waals surface area contributed by atoms with Gasteiger partial charge in [0, 0.05) is 30.4 Å². The first kappa shape index (κ1) is 15.9. The highest BCUT2D eigenvalue weighted by Gasteiger charge is 2.28. The van der Waals surface area contributed by atoms with Crippen LogP contribution in [-0.4, -0.2) is 31.7 Å². The van der Waals surface area contributed by atoms with Crippen LogP contribution >= 0.6 is 0 Å². The van der Waals surface area contributed by atoms with E-state index in [1.807, 2.05) is 6.07 Å². The second kappa shape index (κ2) is 6.74. The van der Waals surface area contributed by atoms with Crippen LogP contribution in [0.25, 0.3) is 0 Å². The van der Waals surface area contributed by atoms with E-state index >= 15 is 0 Å². The molecule has 0 aliphatic heterocycles. The topological polar surface area (TPSA) is 89.8 Å². The molecular weight excluding hydrogens is 318 g/mol. The third kappa shape index (κ3) is 3.60. The summed E-state index contributed by atoms with van der Waals surface area (Å²) in [5.41, 5.74) is 1.34. The summed E-state index contributed by atoms with van der Waals surface area (Å²) in [5, 5.41) is 7.60. The fourth-order valence-corrected chi connectivity index (χ4v) is 3.44. The molecule has 2 heterocycles. The van der Waals surface area contributed by atoms with Crippen molar-refractivity contribution in [1.29, 1.82) is 0 Å². The maximum absolute atomic E-state index is 12.2. The van der Waals surface area contributed by atoms with Crippen LogP contribution in [0.4, 0.5) is 0 Å². The van der Waals surface area contributed by atoms with Gasteiger partial charge in [-0.3, -0.25) is 14.6 Å². The van der Waals surface area contributed by atoms with Gasteiger partial charge in [-0.15, -0.1) is 0 Å². The highest BCUT2D eigenvalue weighted by molar-refractivity contribution is 5.92. The van der Waals surface area contributed by atoms with Crippen LogP contribution in [0.2, 0.25) is 0 Å². The Morgan fingerprint density at radius 3 is 2.56 bits per heavy atom. The molecule has 2 fully saturated rings. The van der Waals surface area contributed by atoms with E-state index in [1.54, 1.807) is 16.9 Å². The van der Waals surface area contributed by atoms with Gasteiger partial charge in [0.15, 0.2) is 0 Å². The molecule has 0 radical (unpaired) electrons. The van der Waals surface area contributed by atoms with E-state index in [9.17, 15) is 9.59 Å². The Balaban J connectivity index is 1.38. The largest absolute Gasteiger partial charge is 0.348 e. The Bertz CT molecular complexity index is 808. The second-order valence-electron chi connectivity index (χ2n) is 6.88. The molecule has 2 aromatic rings. The average molecular weight is 339 g/mol. The predicted octanol–water partition coefficient (Wildman–Crippen LogP) is 1.82. The number of aromatic nitrogens is 4. The van der Waals surface area contributed by atoms with Crippen LogP contribution < -0.4 is 10.9 Å². The number of amides is 1. The van der Waals surface area contributed by atoms with Crippen molar-refractivity contribution < 1.29 is 4.79 Å². The van der Waals surface area contributed by atoms with Crippen LogP contribution in [0, 0.1) is 0 Å². The van der Waals surface area contributed by atoms with Gasteiger partial charge in [-0.25, -0.2) is 9.67 Å². The molecule has 2 aliphatic rings. The van der Waals surface area contributed by atoms with Crippen LogP contribution in [0.3, 0.4) is 0 Å². The minimum Gasteiger partial charge on any atom is -0.348 e. The van der Waals surface area contributed by atoms with Crippen LogP contribution in [-0.2, 0) is 0 Å². The predicted molar refractivity (Wildman–Crippen MR) is 91.3 cm³/mol. The molecule has 25 heavy (non-hydrogen) atoms. The second-order valence-corrected chi connectivity index (χ2v) is 6.88. The van der Waals surface area contributed by atoms with Crippen molar-refractivity contribution in [2.24, 2.45) is 0 Å². The lowest BCUT2D eigenvalue weighted by atomic mass is 9.91. The van der Waals surface area contributed by atoms with E-state index in [2.05, 4.69) is 20.4 Å². The van der Waals surface area contributed by atoms with Gasteiger partial charge in [0.2, 0.25) is 0 Å². The number of carbonyl (C=O) groups excluding carboxylic acids is 1. The Morgan fingerprint density at radius 2 is 1.88 bits per heavy atom. The lowest BCUT2D eigenvalue weighted by Gasteiger charge is -2.29. The fourth-order valence-electron chi connectivity index (χ4n) is 3.44. The van der Waals surface area contributed by atoms with Crippen molar-refractivity contribution in [3.63, 3.8) is 0 Å². The van der Waals surface area contributed by atoms with Gasteiger partial charge in [0.1, 0.15) is 5.69 Å². The summed E-state index contributed by atoms with van der Waals surface area (Å²) in [7, 11) is 0. The van der Waals surface area contributed by atoms with E-state index in [1.165, 1.54) is 25.2 Å². The molecule has 1 amide bonds. The molecule has 0 spiro atoms. The van der Waals surface area contributed by atoms with E-state index < -0.39 is 0 Å². The van der Waals surface area contributed by atoms with E-state index in [0.29, 0.717) is 11.6 Å². The van der Waals surface area contributed by atoms with Crippen molar-refractivity contribution in [1.82, 2.24) is 25.1 Å². The molecular formula is C18H21N5O2. The van der Waals surface area contributed by atoms with Crippen molar-refractivity contribution in [2.45, 2.75) is 56.5 Å². The van der Waals surface area contributed by atoms with Gasteiger partial charge in [-0.1, -0.05) is 0 Å². The molecule has 130 valence electrons.